The van der Waals surface area contributed by atoms with Crippen molar-refractivity contribution in [1.82, 2.24) is 14.5 Å². The average molecular weight is 363 g/mol. The summed E-state index contributed by atoms with van der Waals surface area (Å²) in [5, 5.41) is 0. The first kappa shape index (κ1) is 17.8. The smallest absolute Gasteiger partial charge is 0.123 e. The van der Waals surface area contributed by atoms with E-state index in [4.69, 9.17) is 9.47 Å². The van der Waals surface area contributed by atoms with Gasteiger partial charge in [-0.25, -0.2) is 0 Å². The van der Waals surface area contributed by atoms with Gasteiger partial charge in [-0.3, -0.25) is 9.88 Å². The van der Waals surface area contributed by atoms with Gasteiger partial charge in [0.1, 0.15) is 5.75 Å². The minimum Gasteiger partial charge on any atom is -0.496 e. The molecular weight excluding hydrogens is 338 g/mol. The fourth-order valence-electron chi connectivity index (χ4n) is 3.71. The number of benzene rings is 1. The summed E-state index contributed by atoms with van der Waals surface area (Å²) in [5.74, 6) is 0.946. The van der Waals surface area contributed by atoms with Crippen molar-refractivity contribution in [1.29, 1.82) is 0 Å². The number of methoxy groups -OCH3 is 1. The number of rotatable bonds is 7. The molecule has 0 fully saturated rings. The van der Waals surface area contributed by atoms with E-state index in [1.807, 2.05) is 30.3 Å². The van der Waals surface area contributed by atoms with Crippen LogP contribution in [0, 0.1) is 0 Å². The molecule has 1 atom stereocenters. The summed E-state index contributed by atoms with van der Waals surface area (Å²) >= 11 is 0. The largest absolute Gasteiger partial charge is 0.496 e. The van der Waals surface area contributed by atoms with Crippen molar-refractivity contribution in [2.24, 2.45) is 0 Å². The van der Waals surface area contributed by atoms with Crippen molar-refractivity contribution in [2.75, 3.05) is 20.3 Å². The molecule has 1 aliphatic heterocycles. The Morgan fingerprint density at radius 2 is 1.96 bits per heavy atom. The summed E-state index contributed by atoms with van der Waals surface area (Å²) in [5.41, 5.74) is 3.50. The van der Waals surface area contributed by atoms with Crippen molar-refractivity contribution in [3.63, 3.8) is 0 Å². The number of hydrogen-bond acceptors (Lipinski definition) is 4. The summed E-state index contributed by atoms with van der Waals surface area (Å²) in [6, 6.07) is 18.8. The van der Waals surface area contributed by atoms with Gasteiger partial charge in [0, 0.05) is 43.3 Å². The molecule has 0 spiro atoms. The molecule has 0 bridgehead atoms. The van der Waals surface area contributed by atoms with Crippen molar-refractivity contribution in [3.8, 4) is 5.75 Å². The fourth-order valence-corrected chi connectivity index (χ4v) is 3.71. The molecule has 1 aliphatic rings. The highest BCUT2D eigenvalue weighted by atomic mass is 16.5. The number of ether oxygens (including phenoxy) is 2. The Kier molecular flexibility index (Phi) is 5.51. The van der Waals surface area contributed by atoms with E-state index in [9.17, 15) is 0 Å². The van der Waals surface area contributed by atoms with Crippen LogP contribution >= 0.6 is 0 Å². The standard InChI is InChI=1S/C22H25N3O2/c1-26-22-10-3-2-7-18(22)13-24-14-20-9-6-12-25(20)21(15-24)17-27-16-19-8-4-5-11-23-19/h2-12,21H,13-17H2,1H3. The zero-order chi connectivity index (χ0) is 18.5. The van der Waals surface area contributed by atoms with Crippen LogP contribution in [0.25, 0.3) is 0 Å². The number of pyridine rings is 1. The van der Waals surface area contributed by atoms with Gasteiger partial charge in [0.05, 0.1) is 32.1 Å². The minimum atomic E-state index is 0.294. The van der Waals surface area contributed by atoms with Crippen molar-refractivity contribution in [3.05, 3.63) is 83.9 Å². The summed E-state index contributed by atoms with van der Waals surface area (Å²) in [6.45, 7) is 3.96. The van der Waals surface area contributed by atoms with Crippen LogP contribution in [0.15, 0.2) is 67.0 Å². The molecule has 1 unspecified atom stereocenters. The third-order valence-electron chi connectivity index (χ3n) is 4.99. The maximum atomic E-state index is 5.99. The SMILES string of the molecule is COc1ccccc1CN1Cc2cccn2C(COCc2ccccn2)C1. The predicted molar refractivity (Wildman–Crippen MR) is 104 cm³/mol. The van der Waals surface area contributed by atoms with E-state index in [1.54, 1.807) is 13.3 Å². The summed E-state index contributed by atoms with van der Waals surface area (Å²) in [4.78, 5) is 6.79. The van der Waals surface area contributed by atoms with E-state index in [0.717, 1.165) is 31.1 Å². The lowest BCUT2D eigenvalue weighted by atomic mass is 10.1. The van der Waals surface area contributed by atoms with Gasteiger partial charge in [-0.15, -0.1) is 0 Å². The highest BCUT2D eigenvalue weighted by Crippen LogP contribution is 2.26. The molecule has 0 radical (unpaired) electrons. The maximum absolute atomic E-state index is 5.99. The second-order valence-corrected chi connectivity index (χ2v) is 6.88. The van der Waals surface area contributed by atoms with Gasteiger partial charge < -0.3 is 14.0 Å². The van der Waals surface area contributed by atoms with E-state index >= 15 is 0 Å². The third-order valence-corrected chi connectivity index (χ3v) is 4.99. The van der Waals surface area contributed by atoms with E-state index in [2.05, 4.69) is 44.9 Å². The molecule has 1 aromatic carbocycles. The predicted octanol–water partition coefficient (Wildman–Crippen LogP) is 3.67. The first-order valence-corrected chi connectivity index (χ1v) is 9.31. The molecule has 0 aliphatic carbocycles. The molecule has 0 N–H and O–H groups in total. The molecule has 0 amide bonds. The van der Waals surface area contributed by atoms with E-state index in [1.165, 1.54) is 11.3 Å². The second kappa shape index (κ2) is 8.37. The van der Waals surface area contributed by atoms with Crippen molar-refractivity contribution in [2.45, 2.75) is 25.7 Å². The Hall–Kier alpha value is -2.63. The van der Waals surface area contributed by atoms with Crippen LogP contribution in [0.1, 0.15) is 23.0 Å². The van der Waals surface area contributed by atoms with Gasteiger partial charge in [-0.2, -0.15) is 0 Å². The van der Waals surface area contributed by atoms with Gasteiger partial charge in [-0.05, 0) is 30.3 Å². The van der Waals surface area contributed by atoms with E-state index in [0.29, 0.717) is 19.3 Å². The summed E-state index contributed by atoms with van der Waals surface area (Å²) in [6.07, 6.45) is 3.96. The molecule has 3 aromatic rings. The van der Waals surface area contributed by atoms with Crippen LogP contribution in [0.3, 0.4) is 0 Å². The lowest BCUT2D eigenvalue weighted by molar-refractivity contribution is 0.0572. The van der Waals surface area contributed by atoms with Gasteiger partial charge in [-0.1, -0.05) is 24.3 Å². The molecule has 140 valence electrons. The van der Waals surface area contributed by atoms with Gasteiger partial charge in [0.2, 0.25) is 0 Å². The molecular formula is C22H25N3O2. The fraction of sp³-hybridized carbons (Fsp3) is 0.318. The molecule has 5 heteroatoms. The zero-order valence-electron chi connectivity index (χ0n) is 15.6. The quantitative estimate of drug-likeness (QED) is 0.642. The van der Waals surface area contributed by atoms with Gasteiger partial charge in [0.15, 0.2) is 0 Å². The normalized spacial score (nSPS) is 16.9. The first-order valence-electron chi connectivity index (χ1n) is 9.31. The molecule has 4 rings (SSSR count). The minimum absolute atomic E-state index is 0.294. The number of hydrogen-bond donors (Lipinski definition) is 0. The van der Waals surface area contributed by atoms with Crippen LogP contribution in [-0.2, 0) is 24.4 Å². The van der Waals surface area contributed by atoms with Crippen LogP contribution in [0.4, 0.5) is 0 Å². The Bertz CT molecular complexity index is 863. The average Bonchev–Trinajstić information content (AvgIpc) is 3.18. The second-order valence-electron chi connectivity index (χ2n) is 6.88. The van der Waals surface area contributed by atoms with Gasteiger partial charge in [0.25, 0.3) is 0 Å². The van der Waals surface area contributed by atoms with E-state index < -0.39 is 0 Å². The number of para-hydroxylation sites is 1. The highest BCUT2D eigenvalue weighted by Gasteiger charge is 2.25. The lowest BCUT2D eigenvalue weighted by Gasteiger charge is -2.35. The van der Waals surface area contributed by atoms with Crippen LogP contribution < -0.4 is 4.74 Å². The molecule has 3 heterocycles. The van der Waals surface area contributed by atoms with Crippen LogP contribution in [-0.4, -0.2) is 34.7 Å². The number of aromatic nitrogens is 2. The molecule has 0 saturated carbocycles. The molecule has 5 nitrogen and oxygen atoms in total. The van der Waals surface area contributed by atoms with Gasteiger partial charge >= 0.3 is 0 Å². The molecule has 27 heavy (non-hydrogen) atoms. The summed E-state index contributed by atoms with van der Waals surface area (Å²) in [7, 11) is 1.73. The monoisotopic (exact) mass is 363 g/mol. The van der Waals surface area contributed by atoms with Crippen LogP contribution in [0.5, 0.6) is 5.75 Å². The topological polar surface area (TPSA) is 39.5 Å². The Balaban J connectivity index is 1.43. The Morgan fingerprint density at radius 3 is 2.81 bits per heavy atom. The third kappa shape index (κ3) is 4.21. The Labute approximate surface area is 160 Å². The first-order chi connectivity index (χ1) is 13.3. The summed E-state index contributed by atoms with van der Waals surface area (Å²) < 4.78 is 13.9. The molecule has 2 aromatic heterocycles. The van der Waals surface area contributed by atoms with Crippen molar-refractivity contribution >= 4 is 0 Å². The maximum Gasteiger partial charge on any atom is 0.123 e. The highest BCUT2D eigenvalue weighted by molar-refractivity contribution is 5.33. The Morgan fingerprint density at radius 1 is 1.07 bits per heavy atom. The lowest BCUT2D eigenvalue weighted by Crippen LogP contribution is -2.38. The van der Waals surface area contributed by atoms with Crippen LogP contribution in [0.2, 0.25) is 0 Å². The number of fused-ring (bicyclic) bond motifs is 1. The van der Waals surface area contributed by atoms with Crippen molar-refractivity contribution < 1.29 is 9.47 Å². The number of nitrogens with zero attached hydrogens (tertiary/aromatic N) is 3. The zero-order valence-corrected chi connectivity index (χ0v) is 15.6. The molecule has 0 saturated heterocycles. The van der Waals surface area contributed by atoms with E-state index in [-0.39, 0.29) is 0 Å².